The average Bonchev–Trinajstić information content (AvgIpc) is 3.15. The molecule has 2 heterocycles. The molecule has 0 bridgehead atoms. The lowest BCUT2D eigenvalue weighted by Gasteiger charge is -2.11. The van der Waals surface area contributed by atoms with Crippen molar-refractivity contribution in [1.29, 1.82) is 0 Å². The predicted octanol–water partition coefficient (Wildman–Crippen LogP) is 2.71. The van der Waals surface area contributed by atoms with Gasteiger partial charge in [-0.05, 0) is 6.07 Å². The molecular weight excluding hydrogens is 332 g/mol. The molecule has 0 amide bonds. The van der Waals surface area contributed by atoms with Crippen LogP contribution in [0.2, 0.25) is 0 Å². The van der Waals surface area contributed by atoms with Crippen molar-refractivity contribution in [2.24, 2.45) is 7.05 Å². The number of aliphatic hydroxyl groups is 1. The molecule has 1 aromatic carbocycles. The summed E-state index contributed by atoms with van der Waals surface area (Å²) in [5, 5.41) is 17.3. The number of hydrogen-bond donors (Lipinski definition) is 1. The van der Waals surface area contributed by atoms with Gasteiger partial charge in [0.15, 0.2) is 0 Å². The number of aryl methyl sites for hydroxylation is 1. The Morgan fingerprint density at radius 1 is 1.29 bits per heavy atom. The lowest BCUT2D eigenvalue weighted by Crippen LogP contribution is -2.05. The lowest BCUT2D eigenvalue weighted by atomic mass is 10.0. The fourth-order valence-corrected chi connectivity index (χ4v) is 2.14. The first-order valence-electron chi connectivity index (χ1n) is 6.63. The first-order valence-corrected chi connectivity index (χ1v) is 6.63. The van der Waals surface area contributed by atoms with Crippen molar-refractivity contribution < 1.29 is 27.2 Å². The number of halogens is 4. The Morgan fingerprint density at radius 2 is 2.04 bits per heavy atom. The summed E-state index contributed by atoms with van der Waals surface area (Å²) in [5.74, 6) is -3.07. The molecule has 24 heavy (non-hydrogen) atoms. The van der Waals surface area contributed by atoms with Crippen LogP contribution in [0.3, 0.4) is 0 Å². The minimum atomic E-state index is -4.82. The number of aliphatic hydroxyl groups excluding tert-OH is 1. The van der Waals surface area contributed by atoms with Gasteiger partial charge in [0.05, 0.1) is 11.8 Å². The Hall–Kier alpha value is -2.75. The monoisotopic (exact) mass is 342 g/mol. The maximum Gasteiger partial charge on any atom is 0.471 e. The highest BCUT2D eigenvalue weighted by molar-refractivity contribution is 5.57. The van der Waals surface area contributed by atoms with E-state index < -0.39 is 29.8 Å². The summed E-state index contributed by atoms with van der Waals surface area (Å²) in [6.45, 7) is 0. The third kappa shape index (κ3) is 2.87. The van der Waals surface area contributed by atoms with E-state index in [1.165, 1.54) is 35.3 Å². The summed E-state index contributed by atoms with van der Waals surface area (Å²) < 4.78 is 57.7. The molecule has 0 radical (unpaired) electrons. The van der Waals surface area contributed by atoms with Crippen LogP contribution in [0.15, 0.2) is 35.1 Å². The van der Waals surface area contributed by atoms with E-state index in [0.29, 0.717) is 5.56 Å². The molecule has 0 spiro atoms. The minimum absolute atomic E-state index is 0.140. The van der Waals surface area contributed by atoms with Gasteiger partial charge in [-0.15, -0.1) is 0 Å². The Labute approximate surface area is 132 Å². The first-order chi connectivity index (χ1) is 11.3. The second-order valence-corrected chi connectivity index (χ2v) is 4.98. The zero-order valence-electron chi connectivity index (χ0n) is 12.1. The van der Waals surface area contributed by atoms with E-state index in [2.05, 4.69) is 19.8 Å². The van der Waals surface area contributed by atoms with Crippen LogP contribution < -0.4 is 0 Å². The van der Waals surface area contributed by atoms with Gasteiger partial charge in [-0.25, -0.2) is 4.39 Å². The first kappa shape index (κ1) is 16.1. The number of hydrogen-bond acceptors (Lipinski definition) is 5. The van der Waals surface area contributed by atoms with Gasteiger partial charge in [0.2, 0.25) is 5.82 Å². The summed E-state index contributed by atoms with van der Waals surface area (Å²) >= 11 is 0. The van der Waals surface area contributed by atoms with Crippen LogP contribution in [0.5, 0.6) is 0 Å². The van der Waals surface area contributed by atoms with E-state index in [4.69, 9.17) is 0 Å². The molecule has 1 N–H and O–H groups in total. The molecule has 1 atom stereocenters. The van der Waals surface area contributed by atoms with Crippen LogP contribution in [-0.4, -0.2) is 25.0 Å². The second kappa shape index (κ2) is 5.71. The molecule has 0 fully saturated rings. The Morgan fingerprint density at radius 3 is 2.62 bits per heavy atom. The summed E-state index contributed by atoms with van der Waals surface area (Å²) in [5.41, 5.74) is -0.119. The Balaban J connectivity index is 2.01. The molecule has 0 saturated heterocycles. The van der Waals surface area contributed by atoms with E-state index >= 15 is 0 Å². The molecule has 2 aromatic heterocycles. The van der Waals surface area contributed by atoms with Crippen molar-refractivity contribution in [2.75, 3.05) is 0 Å². The van der Waals surface area contributed by atoms with Gasteiger partial charge in [-0.3, -0.25) is 4.68 Å². The maximum absolute atomic E-state index is 14.6. The number of alkyl halides is 3. The third-order valence-corrected chi connectivity index (χ3v) is 3.27. The Bertz CT molecular complexity index is 872. The molecule has 126 valence electrons. The predicted molar refractivity (Wildman–Crippen MR) is 72.0 cm³/mol. The highest BCUT2D eigenvalue weighted by Crippen LogP contribution is 2.32. The van der Waals surface area contributed by atoms with E-state index in [9.17, 15) is 22.7 Å². The van der Waals surface area contributed by atoms with Crippen molar-refractivity contribution in [2.45, 2.75) is 12.3 Å². The molecule has 6 nitrogen and oxygen atoms in total. The smallest absolute Gasteiger partial charge is 0.383 e. The van der Waals surface area contributed by atoms with Gasteiger partial charge in [0.1, 0.15) is 11.9 Å². The quantitative estimate of drug-likeness (QED) is 0.741. The number of benzene rings is 1. The van der Waals surface area contributed by atoms with Crippen LogP contribution in [0.4, 0.5) is 17.6 Å². The Kier molecular flexibility index (Phi) is 3.84. The summed E-state index contributed by atoms with van der Waals surface area (Å²) in [6, 6.07) is 3.87. The third-order valence-electron chi connectivity index (χ3n) is 3.27. The zero-order chi connectivity index (χ0) is 17.5. The van der Waals surface area contributed by atoms with Gasteiger partial charge in [0.25, 0.3) is 0 Å². The molecule has 3 aromatic rings. The zero-order valence-corrected chi connectivity index (χ0v) is 12.1. The van der Waals surface area contributed by atoms with Crippen molar-refractivity contribution in [3.63, 3.8) is 0 Å². The van der Waals surface area contributed by atoms with Gasteiger partial charge in [0, 0.05) is 24.4 Å². The van der Waals surface area contributed by atoms with E-state index in [1.807, 2.05) is 0 Å². The maximum atomic E-state index is 14.6. The highest BCUT2D eigenvalue weighted by Gasteiger charge is 2.38. The van der Waals surface area contributed by atoms with E-state index in [0.717, 1.165) is 0 Å². The van der Waals surface area contributed by atoms with E-state index in [-0.39, 0.29) is 11.1 Å². The van der Waals surface area contributed by atoms with Crippen LogP contribution >= 0.6 is 0 Å². The van der Waals surface area contributed by atoms with Crippen molar-refractivity contribution in [1.82, 2.24) is 19.9 Å². The molecule has 0 aliphatic rings. The topological polar surface area (TPSA) is 77.0 Å². The van der Waals surface area contributed by atoms with Crippen molar-refractivity contribution >= 4 is 0 Å². The SMILES string of the molecule is Cn1cc(C(O)c2cccc(-c3noc(C(F)(F)F)n3)c2F)cn1. The molecule has 0 aliphatic heterocycles. The van der Waals surface area contributed by atoms with Gasteiger partial charge in [-0.1, -0.05) is 17.3 Å². The number of rotatable bonds is 3. The van der Waals surface area contributed by atoms with Crippen LogP contribution in [0, 0.1) is 5.82 Å². The summed E-state index contributed by atoms with van der Waals surface area (Å²) in [7, 11) is 1.63. The van der Waals surface area contributed by atoms with Crippen LogP contribution in [0.1, 0.15) is 23.1 Å². The number of nitrogens with zero attached hydrogens (tertiary/aromatic N) is 4. The largest absolute Gasteiger partial charge is 0.471 e. The molecule has 0 aliphatic carbocycles. The molecule has 0 saturated carbocycles. The normalized spacial score (nSPS) is 13.2. The van der Waals surface area contributed by atoms with Crippen molar-refractivity contribution in [3.8, 4) is 11.4 Å². The van der Waals surface area contributed by atoms with Gasteiger partial charge >= 0.3 is 12.1 Å². The molecule has 3 rings (SSSR count). The van der Waals surface area contributed by atoms with Crippen molar-refractivity contribution in [3.05, 3.63) is 53.4 Å². The standard InChI is InChI=1S/C14H10F4N4O2/c1-22-6-7(5-19-22)11(23)8-3-2-4-9(10(8)15)12-20-13(24-21-12)14(16,17)18/h2-6,11,23H,1H3. The van der Waals surface area contributed by atoms with Crippen LogP contribution in [0.25, 0.3) is 11.4 Å². The summed E-state index contributed by atoms with van der Waals surface area (Å²) in [4.78, 5) is 3.15. The summed E-state index contributed by atoms with van der Waals surface area (Å²) in [6.07, 6.45) is -3.32. The molecule has 1 unspecified atom stereocenters. The highest BCUT2D eigenvalue weighted by atomic mass is 19.4. The molecule has 10 heteroatoms. The lowest BCUT2D eigenvalue weighted by molar-refractivity contribution is -0.159. The number of aromatic nitrogens is 4. The van der Waals surface area contributed by atoms with Gasteiger partial charge < -0.3 is 9.63 Å². The molecular formula is C14H10F4N4O2. The second-order valence-electron chi connectivity index (χ2n) is 4.98. The van der Waals surface area contributed by atoms with Gasteiger partial charge in [-0.2, -0.15) is 23.3 Å². The fourth-order valence-electron chi connectivity index (χ4n) is 2.14. The van der Waals surface area contributed by atoms with Crippen LogP contribution in [-0.2, 0) is 13.2 Å². The average molecular weight is 342 g/mol. The van der Waals surface area contributed by atoms with E-state index in [1.54, 1.807) is 7.05 Å². The minimum Gasteiger partial charge on any atom is -0.383 e. The fraction of sp³-hybridized carbons (Fsp3) is 0.214.